The zero-order chi connectivity index (χ0) is 16.3. The van der Waals surface area contributed by atoms with Gasteiger partial charge in [0.2, 0.25) is 0 Å². The number of carboxylic acid groups (broad SMARTS) is 1. The van der Waals surface area contributed by atoms with E-state index in [1.165, 1.54) is 23.6 Å². The number of carboxylic acids is 1. The van der Waals surface area contributed by atoms with Crippen LogP contribution in [0.2, 0.25) is 0 Å². The van der Waals surface area contributed by atoms with Crippen molar-refractivity contribution in [1.29, 1.82) is 0 Å². The van der Waals surface area contributed by atoms with Gasteiger partial charge in [-0.25, -0.2) is 13.2 Å². The van der Waals surface area contributed by atoms with Crippen LogP contribution >= 0.6 is 11.3 Å². The van der Waals surface area contributed by atoms with E-state index in [4.69, 9.17) is 5.11 Å². The molecule has 0 aliphatic heterocycles. The summed E-state index contributed by atoms with van der Waals surface area (Å²) >= 11 is 1.04. The van der Waals surface area contributed by atoms with Crippen molar-refractivity contribution in [3.63, 3.8) is 0 Å². The van der Waals surface area contributed by atoms with Gasteiger partial charge in [0, 0.05) is 12.8 Å². The molecule has 0 atom stereocenters. The predicted molar refractivity (Wildman–Crippen MR) is 82.0 cm³/mol. The molecular formula is C14H13NO5S2. The van der Waals surface area contributed by atoms with Gasteiger partial charge in [0.25, 0.3) is 5.91 Å². The minimum absolute atomic E-state index is 0.00529. The molecular weight excluding hydrogens is 326 g/mol. The number of aromatic carboxylic acids is 1. The van der Waals surface area contributed by atoms with E-state index in [0.717, 1.165) is 17.6 Å². The number of benzene rings is 1. The number of amides is 1. The van der Waals surface area contributed by atoms with Gasteiger partial charge < -0.3 is 10.4 Å². The fraction of sp³-hybridized carbons (Fsp3) is 0.143. The molecule has 2 rings (SSSR count). The summed E-state index contributed by atoms with van der Waals surface area (Å²) in [4.78, 5) is 23.1. The highest BCUT2D eigenvalue weighted by Gasteiger charge is 2.20. The first kappa shape index (κ1) is 16.2. The Labute approximate surface area is 131 Å². The number of carbonyl (C=O) groups is 2. The minimum atomic E-state index is -3.46. The number of hydrogen-bond acceptors (Lipinski definition) is 5. The fourth-order valence-electron chi connectivity index (χ4n) is 1.83. The maximum atomic E-state index is 12.1. The van der Waals surface area contributed by atoms with Crippen molar-refractivity contribution in [2.24, 2.45) is 0 Å². The van der Waals surface area contributed by atoms with Crippen molar-refractivity contribution < 1.29 is 23.1 Å². The summed E-state index contributed by atoms with van der Waals surface area (Å²) in [6, 6.07) is 7.56. The lowest BCUT2D eigenvalue weighted by Gasteiger charge is -2.06. The second-order valence-electron chi connectivity index (χ2n) is 4.57. The van der Waals surface area contributed by atoms with Crippen LogP contribution in [0.25, 0.3) is 0 Å². The Bertz CT molecular complexity index is 823. The van der Waals surface area contributed by atoms with Gasteiger partial charge in [-0.1, -0.05) is 12.1 Å². The van der Waals surface area contributed by atoms with E-state index in [-0.39, 0.29) is 21.9 Å². The number of thiophene rings is 1. The van der Waals surface area contributed by atoms with Gasteiger partial charge in [-0.15, -0.1) is 11.3 Å². The van der Waals surface area contributed by atoms with Crippen LogP contribution < -0.4 is 5.32 Å². The third-order valence-electron chi connectivity index (χ3n) is 2.86. The van der Waals surface area contributed by atoms with Crippen LogP contribution in [0, 0.1) is 0 Å². The second-order valence-corrected chi connectivity index (χ2v) is 7.47. The molecule has 0 aliphatic rings. The molecule has 2 aromatic rings. The van der Waals surface area contributed by atoms with Crippen molar-refractivity contribution in [1.82, 2.24) is 5.32 Å². The monoisotopic (exact) mass is 339 g/mol. The molecule has 0 spiro atoms. The van der Waals surface area contributed by atoms with Crippen LogP contribution in [0.1, 0.15) is 25.6 Å². The first-order chi connectivity index (χ1) is 10.3. The summed E-state index contributed by atoms with van der Waals surface area (Å²) in [6.45, 7) is 0.112. The van der Waals surface area contributed by atoms with E-state index in [1.807, 2.05) is 0 Å². The first-order valence-electron chi connectivity index (χ1n) is 6.17. The molecule has 0 bridgehead atoms. The molecule has 0 unspecified atom stereocenters. The van der Waals surface area contributed by atoms with Crippen molar-refractivity contribution in [2.75, 3.05) is 6.26 Å². The standard InChI is InChI=1S/C14H13NO5S2/c1-22(19,20)11-5-6-21-12(11)13(16)15-8-9-3-2-4-10(7-9)14(17)18/h2-7H,8H2,1H3,(H,15,16)(H,17,18). The number of rotatable bonds is 5. The predicted octanol–water partition coefficient (Wildman–Crippen LogP) is 1.78. The SMILES string of the molecule is CS(=O)(=O)c1ccsc1C(=O)NCc1cccc(C(=O)O)c1. The third kappa shape index (κ3) is 3.71. The van der Waals surface area contributed by atoms with Gasteiger partial charge in [-0.2, -0.15) is 0 Å². The van der Waals surface area contributed by atoms with Crippen molar-refractivity contribution in [3.05, 3.63) is 51.7 Å². The van der Waals surface area contributed by atoms with Crippen LogP contribution in [0.3, 0.4) is 0 Å². The van der Waals surface area contributed by atoms with Crippen LogP contribution in [0.15, 0.2) is 40.6 Å². The van der Waals surface area contributed by atoms with E-state index < -0.39 is 21.7 Å². The van der Waals surface area contributed by atoms with E-state index >= 15 is 0 Å². The maximum absolute atomic E-state index is 12.1. The summed E-state index contributed by atoms with van der Waals surface area (Å²) in [5, 5.41) is 13.0. The minimum Gasteiger partial charge on any atom is -0.478 e. The van der Waals surface area contributed by atoms with Gasteiger partial charge in [-0.05, 0) is 29.1 Å². The zero-order valence-electron chi connectivity index (χ0n) is 11.6. The highest BCUT2D eigenvalue weighted by Crippen LogP contribution is 2.21. The molecule has 0 radical (unpaired) electrons. The molecule has 8 heteroatoms. The summed E-state index contributed by atoms with van der Waals surface area (Å²) in [5.41, 5.74) is 0.741. The highest BCUT2D eigenvalue weighted by atomic mass is 32.2. The Balaban J connectivity index is 2.13. The molecule has 1 amide bonds. The van der Waals surface area contributed by atoms with E-state index in [0.29, 0.717) is 5.56 Å². The van der Waals surface area contributed by atoms with Gasteiger partial charge >= 0.3 is 5.97 Å². The van der Waals surface area contributed by atoms with Crippen molar-refractivity contribution >= 4 is 33.1 Å². The zero-order valence-corrected chi connectivity index (χ0v) is 13.2. The largest absolute Gasteiger partial charge is 0.478 e. The Morgan fingerprint density at radius 2 is 2.00 bits per heavy atom. The lowest BCUT2D eigenvalue weighted by molar-refractivity contribution is 0.0696. The van der Waals surface area contributed by atoms with Gasteiger partial charge in [0.15, 0.2) is 9.84 Å². The Hall–Kier alpha value is -2.19. The fourth-order valence-corrected chi connectivity index (χ4v) is 3.96. The first-order valence-corrected chi connectivity index (χ1v) is 8.94. The highest BCUT2D eigenvalue weighted by molar-refractivity contribution is 7.91. The molecule has 0 fully saturated rings. The van der Waals surface area contributed by atoms with E-state index in [9.17, 15) is 18.0 Å². The third-order valence-corrected chi connectivity index (χ3v) is 5.04. The Morgan fingerprint density at radius 1 is 1.27 bits per heavy atom. The van der Waals surface area contributed by atoms with Crippen LogP contribution in [-0.4, -0.2) is 31.7 Å². The molecule has 22 heavy (non-hydrogen) atoms. The molecule has 0 saturated carbocycles. The molecule has 0 saturated heterocycles. The smallest absolute Gasteiger partial charge is 0.335 e. The molecule has 0 aliphatic carbocycles. The van der Waals surface area contributed by atoms with Crippen molar-refractivity contribution in [3.8, 4) is 0 Å². The topological polar surface area (TPSA) is 101 Å². The van der Waals surface area contributed by atoms with Gasteiger partial charge in [0.05, 0.1) is 10.5 Å². The summed E-state index contributed by atoms with van der Waals surface area (Å²) in [6.07, 6.45) is 1.04. The number of nitrogens with one attached hydrogen (secondary N) is 1. The normalized spacial score (nSPS) is 11.1. The van der Waals surface area contributed by atoms with Crippen LogP contribution in [-0.2, 0) is 16.4 Å². The molecule has 1 aromatic heterocycles. The van der Waals surface area contributed by atoms with E-state index in [2.05, 4.69) is 5.32 Å². The number of carbonyl (C=O) groups excluding carboxylic acids is 1. The molecule has 2 N–H and O–H groups in total. The molecule has 116 valence electrons. The molecule has 1 aromatic carbocycles. The summed E-state index contributed by atoms with van der Waals surface area (Å²) in [7, 11) is -3.46. The van der Waals surface area contributed by atoms with Crippen molar-refractivity contribution in [2.45, 2.75) is 11.4 Å². The quantitative estimate of drug-likeness (QED) is 0.865. The number of hydrogen-bond donors (Lipinski definition) is 2. The van der Waals surface area contributed by atoms with Crippen LogP contribution in [0.5, 0.6) is 0 Å². The van der Waals surface area contributed by atoms with Gasteiger partial charge in [0.1, 0.15) is 4.88 Å². The molecule has 6 nitrogen and oxygen atoms in total. The summed E-state index contributed by atoms with van der Waals surface area (Å²) < 4.78 is 23.1. The van der Waals surface area contributed by atoms with Crippen LogP contribution in [0.4, 0.5) is 0 Å². The average Bonchev–Trinajstić information content (AvgIpc) is 2.94. The Morgan fingerprint density at radius 3 is 2.64 bits per heavy atom. The maximum Gasteiger partial charge on any atom is 0.335 e. The average molecular weight is 339 g/mol. The lowest BCUT2D eigenvalue weighted by Crippen LogP contribution is -2.23. The lowest BCUT2D eigenvalue weighted by atomic mass is 10.1. The van der Waals surface area contributed by atoms with Gasteiger partial charge in [-0.3, -0.25) is 4.79 Å². The Kier molecular flexibility index (Phi) is 4.62. The number of sulfone groups is 1. The second kappa shape index (κ2) is 6.29. The van der Waals surface area contributed by atoms with E-state index in [1.54, 1.807) is 12.1 Å². The molecule has 1 heterocycles. The summed E-state index contributed by atoms with van der Waals surface area (Å²) in [5.74, 6) is -1.55.